The summed E-state index contributed by atoms with van der Waals surface area (Å²) < 4.78 is 6.06. The third-order valence-corrected chi connectivity index (χ3v) is 5.38. The zero-order chi connectivity index (χ0) is 20.9. The molecule has 2 N–H and O–H groups in total. The lowest BCUT2D eigenvalue weighted by Gasteiger charge is -2.19. The normalized spacial score (nSPS) is 15.3. The van der Waals surface area contributed by atoms with E-state index in [-0.39, 0.29) is 5.92 Å². The number of nitrogens with two attached hydrogens (primary N) is 1. The van der Waals surface area contributed by atoms with Crippen LogP contribution in [0.15, 0.2) is 85.0 Å². The molecule has 0 fully saturated rings. The molecule has 0 bridgehead atoms. The molecule has 4 rings (SSSR count). The van der Waals surface area contributed by atoms with Gasteiger partial charge in [0.05, 0.1) is 23.9 Å². The van der Waals surface area contributed by atoms with E-state index in [9.17, 15) is 0 Å². The Bertz CT molecular complexity index is 1160. The Labute approximate surface area is 181 Å². The predicted octanol–water partition coefficient (Wildman–Crippen LogP) is 6.50. The summed E-state index contributed by atoms with van der Waals surface area (Å²) in [7, 11) is 0. The van der Waals surface area contributed by atoms with Crippen LogP contribution in [0.5, 0.6) is 5.75 Å². The number of halogens is 1. The fraction of sp³-hybridized carbons (Fsp3) is 0.115. The van der Waals surface area contributed by atoms with Gasteiger partial charge in [-0.3, -0.25) is 0 Å². The molecule has 1 aliphatic carbocycles. The van der Waals surface area contributed by atoms with E-state index in [1.54, 1.807) is 24.3 Å². The highest BCUT2D eigenvalue weighted by molar-refractivity contribution is 6.31. The topological polar surface area (TPSA) is 59.0 Å². The quantitative estimate of drug-likeness (QED) is 0.486. The average molecular weight is 413 g/mol. The zero-order valence-corrected chi connectivity index (χ0v) is 17.1. The van der Waals surface area contributed by atoms with Crippen molar-refractivity contribution >= 4 is 22.9 Å². The maximum absolute atomic E-state index is 9.16. The Morgan fingerprint density at radius 3 is 2.57 bits per heavy atom. The molecule has 4 heteroatoms. The third kappa shape index (κ3) is 4.40. The monoisotopic (exact) mass is 412 g/mol. The maximum atomic E-state index is 9.16. The molecule has 148 valence electrons. The number of nitriles is 1. The van der Waals surface area contributed by atoms with Crippen molar-refractivity contribution in [3.05, 3.63) is 101 Å². The van der Waals surface area contributed by atoms with Crippen molar-refractivity contribution in [3.8, 4) is 22.9 Å². The van der Waals surface area contributed by atoms with Crippen molar-refractivity contribution in [1.82, 2.24) is 0 Å². The van der Waals surface area contributed by atoms with Gasteiger partial charge in [-0.2, -0.15) is 5.26 Å². The number of allylic oxidation sites excluding steroid dienone is 3. The van der Waals surface area contributed by atoms with Crippen molar-refractivity contribution in [1.29, 1.82) is 5.26 Å². The van der Waals surface area contributed by atoms with Crippen molar-refractivity contribution in [3.63, 3.8) is 0 Å². The molecule has 3 nitrogen and oxygen atoms in total. The van der Waals surface area contributed by atoms with Crippen LogP contribution in [0.25, 0.3) is 16.7 Å². The lowest BCUT2D eigenvalue weighted by Crippen LogP contribution is -2.12. The van der Waals surface area contributed by atoms with Crippen LogP contribution in [0.4, 0.5) is 5.69 Å². The van der Waals surface area contributed by atoms with Gasteiger partial charge in [0.25, 0.3) is 0 Å². The summed E-state index contributed by atoms with van der Waals surface area (Å²) in [6.07, 6.45) is 7.47. The van der Waals surface area contributed by atoms with Gasteiger partial charge < -0.3 is 10.5 Å². The Morgan fingerprint density at radius 2 is 1.83 bits per heavy atom. The highest BCUT2D eigenvalue weighted by Crippen LogP contribution is 2.37. The molecule has 0 aromatic heterocycles. The standard InChI is InChI=1S/C26H21ClN2O/c27-23-14-24(22-8-4-5-19(13-22)16-28)26(29)25(15-23)30-17-18-9-11-21(12-10-18)20-6-2-1-3-7-20/h1-9,11-15,18H,10,17,29H2. The van der Waals surface area contributed by atoms with E-state index in [1.165, 1.54) is 11.1 Å². The van der Waals surface area contributed by atoms with Crippen LogP contribution in [-0.4, -0.2) is 6.61 Å². The molecule has 1 atom stereocenters. The summed E-state index contributed by atoms with van der Waals surface area (Å²) in [5.41, 5.74) is 11.5. The lowest BCUT2D eigenvalue weighted by molar-refractivity contribution is 0.277. The summed E-state index contributed by atoms with van der Waals surface area (Å²) in [4.78, 5) is 0. The van der Waals surface area contributed by atoms with Crippen LogP contribution < -0.4 is 10.5 Å². The van der Waals surface area contributed by atoms with Gasteiger partial charge in [0, 0.05) is 22.6 Å². The minimum atomic E-state index is 0.265. The molecular formula is C26H21ClN2O. The zero-order valence-electron chi connectivity index (χ0n) is 16.4. The molecule has 0 saturated heterocycles. The first-order valence-corrected chi connectivity index (χ1v) is 10.2. The van der Waals surface area contributed by atoms with Crippen molar-refractivity contribution in [2.75, 3.05) is 12.3 Å². The Kier molecular flexibility index (Phi) is 5.88. The van der Waals surface area contributed by atoms with Gasteiger partial charge >= 0.3 is 0 Å². The second-order valence-electron chi connectivity index (χ2n) is 7.25. The second-order valence-corrected chi connectivity index (χ2v) is 7.69. The number of hydrogen-bond acceptors (Lipinski definition) is 3. The first-order chi connectivity index (χ1) is 14.6. The molecule has 0 aliphatic heterocycles. The van der Waals surface area contributed by atoms with Crippen LogP contribution in [0.3, 0.4) is 0 Å². The van der Waals surface area contributed by atoms with E-state index in [4.69, 9.17) is 27.3 Å². The Hall–Kier alpha value is -3.48. The molecule has 0 radical (unpaired) electrons. The lowest BCUT2D eigenvalue weighted by atomic mass is 9.93. The number of ether oxygens (including phenoxy) is 1. The van der Waals surface area contributed by atoms with Gasteiger partial charge in [-0.25, -0.2) is 0 Å². The molecule has 1 unspecified atom stereocenters. The number of anilines is 1. The van der Waals surface area contributed by atoms with Crippen LogP contribution in [-0.2, 0) is 0 Å². The predicted molar refractivity (Wildman–Crippen MR) is 123 cm³/mol. The average Bonchev–Trinajstić information content (AvgIpc) is 2.80. The minimum absolute atomic E-state index is 0.265. The molecule has 3 aromatic carbocycles. The minimum Gasteiger partial charge on any atom is -0.491 e. The Balaban J connectivity index is 1.48. The fourth-order valence-electron chi connectivity index (χ4n) is 3.54. The Morgan fingerprint density at radius 1 is 1.03 bits per heavy atom. The number of benzene rings is 3. The highest BCUT2D eigenvalue weighted by Gasteiger charge is 2.15. The first-order valence-electron chi connectivity index (χ1n) is 9.80. The van der Waals surface area contributed by atoms with Crippen LogP contribution in [0.2, 0.25) is 5.02 Å². The molecule has 0 saturated carbocycles. The molecule has 3 aromatic rings. The summed E-state index contributed by atoms with van der Waals surface area (Å²) >= 11 is 6.33. The largest absolute Gasteiger partial charge is 0.491 e. The fourth-order valence-corrected chi connectivity index (χ4v) is 3.75. The third-order valence-electron chi connectivity index (χ3n) is 5.16. The molecule has 0 spiro atoms. The number of nitrogen functional groups attached to an aromatic ring is 1. The summed E-state index contributed by atoms with van der Waals surface area (Å²) in [5, 5.41) is 9.71. The summed E-state index contributed by atoms with van der Waals surface area (Å²) in [6.45, 7) is 0.511. The summed E-state index contributed by atoms with van der Waals surface area (Å²) in [6, 6.07) is 23.3. The van der Waals surface area contributed by atoms with E-state index in [0.29, 0.717) is 28.6 Å². The SMILES string of the molecule is N#Cc1cccc(-c2cc(Cl)cc(OCC3C=CC(c4ccccc4)=CC3)c2N)c1. The van der Waals surface area contributed by atoms with E-state index < -0.39 is 0 Å². The highest BCUT2D eigenvalue weighted by atomic mass is 35.5. The number of hydrogen-bond donors (Lipinski definition) is 1. The van der Waals surface area contributed by atoms with Gasteiger partial charge in [-0.05, 0) is 41.3 Å². The van der Waals surface area contributed by atoms with E-state index in [1.807, 2.05) is 30.3 Å². The second kappa shape index (κ2) is 8.90. The van der Waals surface area contributed by atoms with Gasteiger partial charge in [-0.1, -0.05) is 72.3 Å². The van der Waals surface area contributed by atoms with E-state index in [0.717, 1.165) is 17.5 Å². The van der Waals surface area contributed by atoms with Gasteiger partial charge in [-0.15, -0.1) is 0 Å². The number of nitrogens with zero attached hydrogens (tertiary/aromatic N) is 1. The van der Waals surface area contributed by atoms with Gasteiger partial charge in [0.15, 0.2) is 0 Å². The van der Waals surface area contributed by atoms with Crippen molar-refractivity contribution < 1.29 is 4.74 Å². The van der Waals surface area contributed by atoms with Crippen molar-refractivity contribution in [2.24, 2.45) is 5.92 Å². The first kappa shape index (κ1) is 19.8. The number of rotatable bonds is 5. The van der Waals surface area contributed by atoms with Gasteiger partial charge in [0.1, 0.15) is 5.75 Å². The summed E-state index contributed by atoms with van der Waals surface area (Å²) in [5.74, 6) is 0.826. The molecule has 30 heavy (non-hydrogen) atoms. The maximum Gasteiger partial charge on any atom is 0.144 e. The van der Waals surface area contributed by atoms with Crippen molar-refractivity contribution in [2.45, 2.75) is 6.42 Å². The van der Waals surface area contributed by atoms with Crippen LogP contribution in [0.1, 0.15) is 17.5 Å². The molecule has 0 heterocycles. The molecular weight excluding hydrogens is 392 g/mol. The van der Waals surface area contributed by atoms with E-state index in [2.05, 4.69) is 36.4 Å². The van der Waals surface area contributed by atoms with E-state index >= 15 is 0 Å². The van der Waals surface area contributed by atoms with Crippen LogP contribution in [0, 0.1) is 17.2 Å². The smallest absolute Gasteiger partial charge is 0.144 e. The molecule has 0 amide bonds. The van der Waals surface area contributed by atoms with Gasteiger partial charge in [0.2, 0.25) is 0 Å². The molecule has 1 aliphatic rings. The van der Waals surface area contributed by atoms with Crippen LogP contribution >= 0.6 is 11.6 Å².